The molecule has 1 unspecified atom stereocenters. The van der Waals surface area contributed by atoms with Gasteiger partial charge in [-0.2, -0.15) is 0 Å². The second-order valence-electron chi connectivity index (χ2n) is 10.3. The van der Waals surface area contributed by atoms with Gasteiger partial charge in [-0.15, -0.1) is 0 Å². The number of unbranched alkanes of at least 4 members (excludes halogenated alkanes) is 1. The van der Waals surface area contributed by atoms with Crippen molar-refractivity contribution in [1.82, 2.24) is 15.5 Å². The number of amides is 4. The molecule has 3 aromatic rings. The highest BCUT2D eigenvalue weighted by atomic mass is 16.5. The fourth-order valence-corrected chi connectivity index (χ4v) is 4.88. The van der Waals surface area contributed by atoms with Gasteiger partial charge in [0, 0.05) is 19.4 Å². The highest BCUT2D eigenvalue weighted by Crippen LogP contribution is 2.23. The van der Waals surface area contributed by atoms with Crippen molar-refractivity contribution in [3.63, 3.8) is 0 Å². The van der Waals surface area contributed by atoms with Gasteiger partial charge in [-0.1, -0.05) is 54.6 Å². The number of nitrogens with zero attached hydrogens (tertiary/aromatic N) is 1. The van der Waals surface area contributed by atoms with Crippen molar-refractivity contribution in [1.29, 1.82) is 0 Å². The van der Waals surface area contributed by atoms with E-state index in [1.54, 1.807) is 48.5 Å². The molecule has 4 N–H and O–H groups in total. The second-order valence-corrected chi connectivity index (χ2v) is 10.3. The first kappa shape index (κ1) is 31.9. The number of nitrogens with one attached hydrogen (secondary N) is 2. The smallest absolute Gasteiger partial charge is 0.328 e. The van der Waals surface area contributed by atoms with Crippen LogP contribution in [0.1, 0.15) is 44.7 Å². The lowest BCUT2D eigenvalue weighted by atomic mass is 10.0. The van der Waals surface area contributed by atoms with Crippen LogP contribution in [0.5, 0.6) is 5.75 Å². The van der Waals surface area contributed by atoms with Crippen molar-refractivity contribution in [2.45, 2.75) is 37.8 Å². The maximum Gasteiger partial charge on any atom is 0.328 e. The van der Waals surface area contributed by atoms with Gasteiger partial charge in [0.15, 0.2) is 0 Å². The minimum atomic E-state index is -0.991. The normalized spacial score (nSPS) is 13.5. The zero-order valence-electron chi connectivity index (χ0n) is 24.5. The third-order valence-corrected chi connectivity index (χ3v) is 7.21. The lowest BCUT2D eigenvalue weighted by Gasteiger charge is -2.22. The molecule has 0 fully saturated rings. The van der Waals surface area contributed by atoms with E-state index in [9.17, 15) is 24.0 Å². The summed E-state index contributed by atoms with van der Waals surface area (Å²) in [6, 6.07) is 21.2. The first-order chi connectivity index (χ1) is 21.3. The molecule has 3 aromatic carbocycles. The van der Waals surface area contributed by atoms with Crippen LogP contribution in [0.2, 0.25) is 0 Å². The minimum Gasteiger partial charge on any atom is -0.494 e. The molecule has 0 spiro atoms. The molecule has 0 aromatic heterocycles. The molecule has 4 amide bonds. The number of imide groups is 1. The summed E-state index contributed by atoms with van der Waals surface area (Å²) in [4.78, 5) is 64.0. The Balaban J connectivity index is 1.27. The molecule has 4 rings (SSSR count). The maximum atomic E-state index is 13.2. The van der Waals surface area contributed by atoms with Gasteiger partial charge < -0.3 is 25.8 Å². The molecule has 1 aliphatic heterocycles. The Morgan fingerprint density at radius 2 is 1.36 bits per heavy atom. The van der Waals surface area contributed by atoms with Crippen LogP contribution in [-0.2, 0) is 32.0 Å². The molecule has 1 heterocycles. The van der Waals surface area contributed by atoms with Crippen LogP contribution in [0.15, 0.2) is 78.9 Å². The summed E-state index contributed by atoms with van der Waals surface area (Å²) in [5, 5.41) is 5.33. The zero-order valence-corrected chi connectivity index (χ0v) is 24.5. The number of carbonyl (C=O) groups is 5. The Bertz CT molecular complexity index is 1440. The highest BCUT2D eigenvalue weighted by molar-refractivity contribution is 6.21. The third kappa shape index (κ3) is 8.29. The Kier molecular flexibility index (Phi) is 11.2. The standard InChI is InChI=1S/C33H36N4O7/c1-43-33(42)28(36-30(39)27(35-29(38)21-34)19-22-9-3-2-4-10-22)20-23-13-15-24(16-14-23)44-18-8-7-17-37-31(40)25-11-5-6-12-26(25)32(37)41/h2-6,9-16,27-28H,7-8,17-21,34H2,1H3,(H,35,38)(H,36,39)/t27-,28?/m0/s1. The van der Waals surface area contributed by atoms with Gasteiger partial charge in [0.05, 0.1) is 31.4 Å². The van der Waals surface area contributed by atoms with E-state index in [-0.39, 0.29) is 31.2 Å². The van der Waals surface area contributed by atoms with E-state index < -0.39 is 29.9 Å². The first-order valence-electron chi connectivity index (χ1n) is 14.4. The predicted octanol–water partition coefficient (Wildman–Crippen LogP) is 2.03. The minimum absolute atomic E-state index is 0.155. The molecular formula is C33H36N4O7. The number of carbonyl (C=O) groups excluding carboxylic acids is 5. The Morgan fingerprint density at radius 1 is 0.773 bits per heavy atom. The summed E-state index contributed by atoms with van der Waals surface area (Å²) in [6.07, 6.45) is 1.61. The fraction of sp³-hybridized carbons (Fsp3) is 0.303. The molecule has 11 heteroatoms. The number of nitrogens with two attached hydrogens (primary N) is 1. The monoisotopic (exact) mass is 600 g/mol. The van der Waals surface area contributed by atoms with Crippen molar-refractivity contribution >= 4 is 29.6 Å². The van der Waals surface area contributed by atoms with E-state index in [1.807, 2.05) is 30.3 Å². The molecule has 230 valence electrons. The summed E-state index contributed by atoms with van der Waals surface area (Å²) in [6.45, 7) is 0.429. The van der Waals surface area contributed by atoms with Gasteiger partial charge in [0.1, 0.15) is 17.8 Å². The molecule has 1 aliphatic rings. The van der Waals surface area contributed by atoms with Crippen LogP contribution in [0, 0.1) is 0 Å². The third-order valence-electron chi connectivity index (χ3n) is 7.21. The average molecular weight is 601 g/mol. The van der Waals surface area contributed by atoms with E-state index in [0.717, 1.165) is 11.1 Å². The van der Waals surface area contributed by atoms with E-state index in [0.29, 0.717) is 42.9 Å². The summed E-state index contributed by atoms with van der Waals surface area (Å²) in [7, 11) is 1.24. The highest BCUT2D eigenvalue weighted by Gasteiger charge is 2.34. The molecule has 0 saturated carbocycles. The predicted molar refractivity (Wildman–Crippen MR) is 162 cm³/mol. The van der Waals surface area contributed by atoms with Crippen LogP contribution in [0.25, 0.3) is 0 Å². The fourth-order valence-electron chi connectivity index (χ4n) is 4.88. The van der Waals surface area contributed by atoms with Crippen LogP contribution in [0.3, 0.4) is 0 Å². The number of esters is 1. The van der Waals surface area contributed by atoms with E-state index in [2.05, 4.69) is 10.6 Å². The lowest BCUT2D eigenvalue weighted by Crippen LogP contribution is -2.54. The largest absolute Gasteiger partial charge is 0.494 e. The maximum absolute atomic E-state index is 13.2. The van der Waals surface area contributed by atoms with Crippen molar-refractivity contribution < 1.29 is 33.4 Å². The van der Waals surface area contributed by atoms with Gasteiger partial charge in [0.2, 0.25) is 11.8 Å². The molecule has 0 saturated heterocycles. The van der Waals surface area contributed by atoms with Crippen LogP contribution in [-0.4, -0.2) is 73.4 Å². The SMILES string of the molecule is COC(=O)C(Cc1ccc(OCCCCN2C(=O)c3ccccc3C2=O)cc1)NC(=O)[C@H](Cc1ccccc1)NC(=O)CN. The summed E-state index contributed by atoms with van der Waals surface area (Å²) in [5.41, 5.74) is 7.90. The molecule has 0 aliphatic carbocycles. The topological polar surface area (TPSA) is 157 Å². The Hall–Kier alpha value is -5.03. The number of hydrogen-bond donors (Lipinski definition) is 3. The number of fused-ring (bicyclic) bond motifs is 1. The average Bonchev–Trinajstić information content (AvgIpc) is 3.29. The van der Waals surface area contributed by atoms with E-state index >= 15 is 0 Å². The van der Waals surface area contributed by atoms with Crippen LogP contribution >= 0.6 is 0 Å². The number of methoxy groups -OCH3 is 1. The molecular weight excluding hydrogens is 564 g/mol. The van der Waals surface area contributed by atoms with Gasteiger partial charge in [-0.25, -0.2) is 4.79 Å². The van der Waals surface area contributed by atoms with Crippen LogP contribution in [0.4, 0.5) is 0 Å². The Morgan fingerprint density at radius 3 is 1.98 bits per heavy atom. The van der Waals surface area contributed by atoms with Gasteiger partial charge >= 0.3 is 5.97 Å². The quantitative estimate of drug-likeness (QED) is 0.136. The van der Waals surface area contributed by atoms with E-state index in [1.165, 1.54) is 12.0 Å². The zero-order chi connectivity index (χ0) is 31.5. The lowest BCUT2D eigenvalue weighted by molar-refractivity contribution is -0.145. The van der Waals surface area contributed by atoms with Gasteiger partial charge in [-0.3, -0.25) is 24.1 Å². The summed E-state index contributed by atoms with van der Waals surface area (Å²) >= 11 is 0. The number of ether oxygens (including phenoxy) is 2. The van der Waals surface area contributed by atoms with Crippen molar-refractivity contribution in [3.05, 3.63) is 101 Å². The van der Waals surface area contributed by atoms with E-state index in [4.69, 9.17) is 15.2 Å². The Labute approximate surface area is 255 Å². The van der Waals surface area contributed by atoms with Gasteiger partial charge in [0.25, 0.3) is 11.8 Å². The molecule has 0 radical (unpaired) electrons. The van der Waals surface area contributed by atoms with Crippen molar-refractivity contribution in [3.8, 4) is 5.75 Å². The first-order valence-corrected chi connectivity index (χ1v) is 14.4. The van der Waals surface area contributed by atoms with Gasteiger partial charge in [-0.05, 0) is 48.2 Å². The van der Waals surface area contributed by atoms with Crippen LogP contribution < -0.4 is 21.1 Å². The number of rotatable bonds is 15. The number of benzene rings is 3. The second kappa shape index (κ2) is 15.4. The number of hydrogen-bond acceptors (Lipinski definition) is 8. The van der Waals surface area contributed by atoms with Crippen molar-refractivity contribution in [2.75, 3.05) is 26.8 Å². The molecule has 44 heavy (non-hydrogen) atoms. The molecule has 2 atom stereocenters. The van der Waals surface area contributed by atoms with Crippen molar-refractivity contribution in [2.24, 2.45) is 5.73 Å². The molecule has 11 nitrogen and oxygen atoms in total. The summed E-state index contributed by atoms with van der Waals surface area (Å²) < 4.78 is 10.7. The molecule has 0 bridgehead atoms. The summed E-state index contributed by atoms with van der Waals surface area (Å²) in [5.74, 6) is -1.57.